The first kappa shape index (κ1) is 20.0. The third kappa shape index (κ3) is 4.40. The highest BCUT2D eigenvalue weighted by molar-refractivity contribution is 5.97. The third-order valence-electron chi connectivity index (χ3n) is 3.98. The van der Waals surface area contributed by atoms with E-state index >= 15 is 0 Å². The lowest BCUT2D eigenvalue weighted by atomic mass is 10.2. The number of esters is 1. The molecule has 0 saturated carbocycles. The van der Waals surface area contributed by atoms with Crippen molar-refractivity contribution in [2.45, 2.75) is 13.0 Å². The van der Waals surface area contributed by atoms with E-state index in [1.807, 2.05) is 6.07 Å². The van der Waals surface area contributed by atoms with Gasteiger partial charge in [-0.1, -0.05) is 24.3 Å². The second-order valence-electron chi connectivity index (χ2n) is 5.96. The van der Waals surface area contributed by atoms with E-state index in [1.54, 1.807) is 24.3 Å². The minimum Gasteiger partial charge on any atom is -0.493 e. The van der Waals surface area contributed by atoms with E-state index in [0.717, 1.165) is 12.1 Å². The van der Waals surface area contributed by atoms with Crippen LogP contribution in [-0.4, -0.2) is 34.9 Å². The number of halogens is 2. The van der Waals surface area contributed by atoms with E-state index in [4.69, 9.17) is 9.47 Å². The summed E-state index contributed by atoms with van der Waals surface area (Å²) < 4.78 is 39.0. The molecule has 0 bridgehead atoms. The van der Waals surface area contributed by atoms with Crippen molar-refractivity contribution in [3.05, 3.63) is 72.1 Å². The Hall–Kier alpha value is -3.75. The number of amides is 1. The zero-order valence-corrected chi connectivity index (χ0v) is 15.6. The van der Waals surface area contributed by atoms with E-state index in [9.17, 15) is 18.4 Å². The monoisotopic (exact) mass is 401 g/mol. The number of para-hydroxylation sites is 2. The molecule has 29 heavy (non-hydrogen) atoms. The van der Waals surface area contributed by atoms with Crippen LogP contribution in [0.25, 0.3) is 5.69 Å². The first-order valence-corrected chi connectivity index (χ1v) is 8.55. The van der Waals surface area contributed by atoms with Crippen LogP contribution in [0.1, 0.15) is 17.4 Å². The van der Waals surface area contributed by atoms with Crippen molar-refractivity contribution < 1.29 is 27.8 Å². The van der Waals surface area contributed by atoms with Crippen molar-refractivity contribution >= 4 is 17.6 Å². The topological polar surface area (TPSA) is 82.5 Å². The van der Waals surface area contributed by atoms with Crippen LogP contribution in [0.3, 0.4) is 0 Å². The van der Waals surface area contributed by atoms with Gasteiger partial charge in [0.15, 0.2) is 11.9 Å². The van der Waals surface area contributed by atoms with Gasteiger partial charge in [-0.15, -0.1) is 0 Å². The Morgan fingerprint density at radius 3 is 2.34 bits per heavy atom. The number of carbonyl (C=O) groups is 2. The number of aromatic nitrogens is 2. The van der Waals surface area contributed by atoms with E-state index in [1.165, 1.54) is 31.0 Å². The number of hydrogen-bond acceptors (Lipinski definition) is 5. The van der Waals surface area contributed by atoms with Gasteiger partial charge in [0, 0.05) is 0 Å². The Kier molecular flexibility index (Phi) is 5.87. The second kappa shape index (κ2) is 8.51. The number of nitrogens with one attached hydrogen (secondary N) is 1. The maximum Gasteiger partial charge on any atom is 0.363 e. The standard InChI is InChI=1S/C20H17F2N3O4/c1-12(19(26)23-17-14(21)9-6-10-15(17)22)29-20(27)18-16(28-2)11-25(24-18)13-7-4-3-5-8-13/h3-12H,1-2H3,(H,23,26)/t12-/m1/s1. The Morgan fingerprint density at radius 1 is 1.07 bits per heavy atom. The molecule has 7 nitrogen and oxygen atoms in total. The molecule has 1 amide bonds. The van der Waals surface area contributed by atoms with Gasteiger partial charge in [0.1, 0.15) is 17.3 Å². The molecule has 2 aromatic carbocycles. The highest BCUT2D eigenvalue weighted by Crippen LogP contribution is 2.22. The lowest BCUT2D eigenvalue weighted by Crippen LogP contribution is -2.31. The average Bonchev–Trinajstić information content (AvgIpc) is 3.16. The minimum absolute atomic E-state index is 0.145. The maximum atomic E-state index is 13.7. The molecule has 1 atom stereocenters. The summed E-state index contributed by atoms with van der Waals surface area (Å²) in [5.41, 5.74) is -0.0786. The summed E-state index contributed by atoms with van der Waals surface area (Å²) in [6, 6.07) is 12.1. The molecule has 3 rings (SSSR count). The van der Waals surface area contributed by atoms with Crippen LogP contribution >= 0.6 is 0 Å². The zero-order chi connectivity index (χ0) is 21.0. The summed E-state index contributed by atoms with van der Waals surface area (Å²) in [7, 11) is 1.36. The second-order valence-corrected chi connectivity index (χ2v) is 5.96. The van der Waals surface area contributed by atoms with Gasteiger partial charge in [0.25, 0.3) is 5.91 Å². The fraction of sp³-hybridized carbons (Fsp3) is 0.150. The Labute approximate surface area is 164 Å². The summed E-state index contributed by atoms with van der Waals surface area (Å²) in [4.78, 5) is 24.7. The fourth-order valence-electron chi connectivity index (χ4n) is 2.47. The first-order chi connectivity index (χ1) is 13.9. The van der Waals surface area contributed by atoms with Crippen molar-refractivity contribution in [2.75, 3.05) is 12.4 Å². The molecule has 0 saturated heterocycles. The number of rotatable bonds is 6. The number of nitrogens with zero attached hydrogens (tertiary/aromatic N) is 2. The Bertz CT molecular complexity index is 1020. The third-order valence-corrected chi connectivity index (χ3v) is 3.98. The zero-order valence-electron chi connectivity index (χ0n) is 15.6. The Balaban J connectivity index is 1.74. The number of anilines is 1. The van der Waals surface area contributed by atoms with Gasteiger partial charge >= 0.3 is 5.97 Å². The first-order valence-electron chi connectivity index (χ1n) is 8.55. The molecule has 0 aliphatic heterocycles. The number of carbonyl (C=O) groups excluding carboxylic acids is 2. The lowest BCUT2D eigenvalue weighted by molar-refractivity contribution is -0.123. The fourth-order valence-corrected chi connectivity index (χ4v) is 2.47. The van der Waals surface area contributed by atoms with Gasteiger partial charge in [-0.25, -0.2) is 18.3 Å². The number of benzene rings is 2. The molecule has 0 spiro atoms. The molecule has 0 aliphatic rings. The molecule has 1 aromatic heterocycles. The summed E-state index contributed by atoms with van der Waals surface area (Å²) in [6.45, 7) is 1.27. The maximum absolute atomic E-state index is 13.7. The van der Waals surface area contributed by atoms with Crippen molar-refractivity contribution in [2.24, 2.45) is 0 Å². The molecule has 9 heteroatoms. The molecule has 150 valence electrons. The summed E-state index contributed by atoms with van der Waals surface area (Å²) in [5, 5.41) is 6.21. The minimum atomic E-state index is -1.34. The van der Waals surface area contributed by atoms with Crippen LogP contribution in [0.15, 0.2) is 54.7 Å². The molecule has 0 unspecified atom stereocenters. The summed E-state index contributed by atoms with van der Waals surface area (Å²) in [5.74, 6) is -3.57. The van der Waals surface area contributed by atoms with E-state index in [2.05, 4.69) is 10.4 Å². The molecule has 0 fully saturated rings. The van der Waals surface area contributed by atoms with Crippen LogP contribution in [0.5, 0.6) is 5.75 Å². The van der Waals surface area contributed by atoms with Gasteiger partial charge in [-0.05, 0) is 31.2 Å². The highest BCUT2D eigenvalue weighted by Gasteiger charge is 2.26. The van der Waals surface area contributed by atoms with Gasteiger partial charge in [-0.2, -0.15) is 5.10 Å². The molecule has 1 N–H and O–H groups in total. The predicted octanol–water partition coefficient (Wildman–Crippen LogP) is 3.34. The SMILES string of the molecule is COc1cn(-c2ccccc2)nc1C(=O)O[C@H](C)C(=O)Nc1c(F)cccc1F. The van der Waals surface area contributed by atoms with Crippen molar-refractivity contribution in [1.82, 2.24) is 9.78 Å². The Morgan fingerprint density at radius 2 is 1.72 bits per heavy atom. The summed E-state index contributed by atoms with van der Waals surface area (Å²) >= 11 is 0. The van der Waals surface area contributed by atoms with Gasteiger partial charge in [0.05, 0.1) is 19.0 Å². The molecular formula is C20H17F2N3O4. The normalized spacial score (nSPS) is 11.6. The van der Waals surface area contributed by atoms with Gasteiger partial charge in [0.2, 0.25) is 5.69 Å². The van der Waals surface area contributed by atoms with Crippen LogP contribution in [0, 0.1) is 11.6 Å². The predicted molar refractivity (Wildman–Crippen MR) is 100.0 cm³/mol. The largest absolute Gasteiger partial charge is 0.493 e. The quantitative estimate of drug-likeness (QED) is 0.641. The van der Waals surface area contributed by atoms with E-state index in [-0.39, 0.29) is 11.4 Å². The number of methoxy groups -OCH3 is 1. The van der Waals surface area contributed by atoms with Gasteiger partial charge < -0.3 is 14.8 Å². The molecule has 0 radical (unpaired) electrons. The van der Waals surface area contributed by atoms with Crippen molar-refractivity contribution in [1.29, 1.82) is 0 Å². The van der Waals surface area contributed by atoms with Gasteiger partial charge in [-0.3, -0.25) is 4.79 Å². The van der Waals surface area contributed by atoms with Crippen molar-refractivity contribution in [3.63, 3.8) is 0 Å². The van der Waals surface area contributed by atoms with Crippen LogP contribution in [0.4, 0.5) is 14.5 Å². The van der Waals surface area contributed by atoms with Crippen LogP contribution in [0.2, 0.25) is 0 Å². The summed E-state index contributed by atoms with van der Waals surface area (Å²) in [6.07, 6.45) is 0.152. The molecule has 3 aromatic rings. The average molecular weight is 401 g/mol. The smallest absolute Gasteiger partial charge is 0.363 e. The molecular weight excluding hydrogens is 384 g/mol. The van der Waals surface area contributed by atoms with Crippen molar-refractivity contribution in [3.8, 4) is 11.4 Å². The van der Waals surface area contributed by atoms with Crippen LogP contribution in [-0.2, 0) is 9.53 Å². The molecule has 0 aliphatic carbocycles. The number of ether oxygens (including phenoxy) is 2. The van der Waals surface area contributed by atoms with Crippen LogP contribution < -0.4 is 10.1 Å². The number of hydrogen-bond donors (Lipinski definition) is 1. The molecule has 1 heterocycles. The van der Waals surface area contributed by atoms with E-state index < -0.39 is 35.3 Å². The van der Waals surface area contributed by atoms with E-state index in [0.29, 0.717) is 5.69 Å². The lowest BCUT2D eigenvalue weighted by Gasteiger charge is -2.14. The highest BCUT2D eigenvalue weighted by atomic mass is 19.1.